The van der Waals surface area contributed by atoms with Crippen LogP contribution in [0, 0.1) is 6.92 Å². The Morgan fingerprint density at radius 2 is 1.85 bits per heavy atom. The van der Waals surface area contributed by atoms with E-state index in [1.54, 1.807) is 6.26 Å². The normalized spacial score (nSPS) is 10.3. The molecule has 0 aliphatic carbocycles. The highest BCUT2D eigenvalue weighted by molar-refractivity contribution is 6.30. The largest absolute Gasteiger partial charge is 0.464 e. The summed E-state index contributed by atoms with van der Waals surface area (Å²) < 4.78 is 5.35. The first-order valence-corrected chi connectivity index (χ1v) is 4.44. The van der Waals surface area contributed by atoms with Crippen molar-refractivity contribution in [2.24, 2.45) is 0 Å². The second-order valence-corrected chi connectivity index (χ2v) is 3.43. The minimum atomic E-state index is 0.743. The summed E-state index contributed by atoms with van der Waals surface area (Å²) in [5, 5.41) is 0.743. The summed E-state index contributed by atoms with van der Waals surface area (Å²) >= 11 is 5.77. The highest BCUT2D eigenvalue weighted by Gasteiger charge is 2.01. The van der Waals surface area contributed by atoms with Crippen LogP contribution >= 0.6 is 11.6 Å². The molecule has 0 atom stereocenters. The van der Waals surface area contributed by atoms with Gasteiger partial charge in [0.1, 0.15) is 5.76 Å². The Hall–Kier alpha value is -1.21. The van der Waals surface area contributed by atoms with Crippen molar-refractivity contribution in [2.45, 2.75) is 6.92 Å². The van der Waals surface area contributed by atoms with Gasteiger partial charge >= 0.3 is 0 Å². The van der Waals surface area contributed by atoms with Gasteiger partial charge in [0.05, 0.1) is 6.26 Å². The molecule has 0 fully saturated rings. The van der Waals surface area contributed by atoms with Gasteiger partial charge in [-0.1, -0.05) is 11.6 Å². The van der Waals surface area contributed by atoms with Crippen molar-refractivity contribution in [1.82, 2.24) is 0 Å². The SMILES string of the molecule is Cc1coc(-c2ccc(Cl)cc2)c1. The van der Waals surface area contributed by atoms with Crippen molar-refractivity contribution in [2.75, 3.05) is 0 Å². The zero-order chi connectivity index (χ0) is 9.26. The number of halogens is 1. The number of benzene rings is 1. The minimum Gasteiger partial charge on any atom is -0.464 e. The molecule has 0 aliphatic rings. The van der Waals surface area contributed by atoms with Gasteiger partial charge < -0.3 is 4.42 Å². The highest BCUT2D eigenvalue weighted by Crippen LogP contribution is 2.23. The summed E-state index contributed by atoms with van der Waals surface area (Å²) in [5.41, 5.74) is 2.18. The molecular weight excluding hydrogens is 184 g/mol. The predicted octanol–water partition coefficient (Wildman–Crippen LogP) is 3.91. The van der Waals surface area contributed by atoms with Gasteiger partial charge in [-0.25, -0.2) is 0 Å². The quantitative estimate of drug-likeness (QED) is 0.668. The molecule has 0 aliphatic heterocycles. The summed E-state index contributed by atoms with van der Waals surface area (Å²) in [6, 6.07) is 9.61. The fourth-order valence-corrected chi connectivity index (χ4v) is 1.32. The van der Waals surface area contributed by atoms with Crippen molar-refractivity contribution in [1.29, 1.82) is 0 Å². The fraction of sp³-hybridized carbons (Fsp3) is 0.0909. The van der Waals surface area contributed by atoms with Gasteiger partial charge in [0, 0.05) is 10.6 Å². The van der Waals surface area contributed by atoms with E-state index in [1.807, 2.05) is 37.3 Å². The maximum Gasteiger partial charge on any atom is 0.134 e. The Labute approximate surface area is 82.0 Å². The van der Waals surface area contributed by atoms with Crippen molar-refractivity contribution in [3.63, 3.8) is 0 Å². The lowest BCUT2D eigenvalue weighted by Crippen LogP contribution is -1.71. The third-order valence-electron chi connectivity index (χ3n) is 1.86. The van der Waals surface area contributed by atoms with E-state index in [0.29, 0.717) is 0 Å². The topological polar surface area (TPSA) is 13.1 Å². The molecule has 0 radical (unpaired) electrons. The summed E-state index contributed by atoms with van der Waals surface area (Å²) in [5.74, 6) is 0.883. The Morgan fingerprint density at radius 3 is 2.38 bits per heavy atom. The number of hydrogen-bond acceptors (Lipinski definition) is 1. The smallest absolute Gasteiger partial charge is 0.134 e. The minimum absolute atomic E-state index is 0.743. The summed E-state index contributed by atoms with van der Waals surface area (Å²) in [4.78, 5) is 0. The first kappa shape index (κ1) is 8.39. The molecule has 0 spiro atoms. The Morgan fingerprint density at radius 1 is 1.15 bits per heavy atom. The lowest BCUT2D eigenvalue weighted by molar-refractivity contribution is 0.580. The maximum atomic E-state index is 5.77. The summed E-state index contributed by atoms with van der Waals surface area (Å²) in [6.45, 7) is 2.00. The Balaban J connectivity index is 2.41. The number of aryl methyl sites for hydroxylation is 1. The lowest BCUT2D eigenvalue weighted by atomic mass is 10.1. The van der Waals surface area contributed by atoms with E-state index in [0.717, 1.165) is 21.9 Å². The zero-order valence-electron chi connectivity index (χ0n) is 7.25. The fourth-order valence-electron chi connectivity index (χ4n) is 1.20. The van der Waals surface area contributed by atoms with Crippen LogP contribution in [0.2, 0.25) is 5.02 Å². The van der Waals surface area contributed by atoms with Gasteiger partial charge in [-0.05, 0) is 42.8 Å². The van der Waals surface area contributed by atoms with Crippen molar-refractivity contribution in [3.05, 3.63) is 47.2 Å². The van der Waals surface area contributed by atoms with Gasteiger partial charge in [-0.3, -0.25) is 0 Å². The molecule has 2 aromatic rings. The first-order valence-electron chi connectivity index (χ1n) is 4.07. The molecule has 1 aromatic carbocycles. The molecule has 1 heterocycles. The molecule has 0 N–H and O–H groups in total. The molecular formula is C11H9ClO. The van der Waals surface area contributed by atoms with Crippen molar-refractivity contribution < 1.29 is 4.42 Å². The van der Waals surface area contributed by atoms with Gasteiger partial charge in [0.15, 0.2) is 0 Å². The molecule has 0 bridgehead atoms. The molecule has 0 saturated carbocycles. The molecule has 13 heavy (non-hydrogen) atoms. The van der Waals surface area contributed by atoms with E-state index in [1.165, 1.54) is 0 Å². The van der Waals surface area contributed by atoms with Crippen LogP contribution in [-0.2, 0) is 0 Å². The maximum absolute atomic E-state index is 5.77. The van der Waals surface area contributed by atoms with E-state index >= 15 is 0 Å². The van der Waals surface area contributed by atoms with Crippen LogP contribution in [0.25, 0.3) is 11.3 Å². The number of hydrogen-bond donors (Lipinski definition) is 0. The van der Waals surface area contributed by atoms with Gasteiger partial charge in [0.25, 0.3) is 0 Å². The third-order valence-corrected chi connectivity index (χ3v) is 2.11. The third kappa shape index (κ3) is 1.76. The van der Waals surface area contributed by atoms with Crippen LogP contribution in [0.3, 0.4) is 0 Å². The summed E-state index contributed by atoms with van der Waals surface area (Å²) in [6.07, 6.45) is 1.74. The second kappa shape index (κ2) is 3.27. The van der Waals surface area contributed by atoms with Crippen LogP contribution in [0.15, 0.2) is 41.0 Å². The number of rotatable bonds is 1. The van der Waals surface area contributed by atoms with Gasteiger partial charge in [-0.15, -0.1) is 0 Å². The van der Waals surface area contributed by atoms with Crippen molar-refractivity contribution >= 4 is 11.6 Å². The molecule has 66 valence electrons. The molecule has 1 nitrogen and oxygen atoms in total. The standard InChI is InChI=1S/C11H9ClO/c1-8-6-11(13-7-8)9-2-4-10(12)5-3-9/h2-7H,1H3. The average Bonchev–Trinajstić information content (AvgIpc) is 2.53. The second-order valence-electron chi connectivity index (χ2n) is 3.00. The van der Waals surface area contributed by atoms with E-state index in [2.05, 4.69) is 0 Å². The van der Waals surface area contributed by atoms with Crippen LogP contribution < -0.4 is 0 Å². The van der Waals surface area contributed by atoms with Crippen LogP contribution in [0.1, 0.15) is 5.56 Å². The molecule has 1 aromatic heterocycles. The molecule has 2 rings (SSSR count). The molecule has 0 saturated heterocycles. The van der Waals surface area contributed by atoms with Crippen LogP contribution in [-0.4, -0.2) is 0 Å². The molecule has 2 heteroatoms. The van der Waals surface area contributed by atoms with E-state index in [9.17, 15) is 0 Å². The predicted molar refractivity (Wildman–Crippen MR) is 53.9 cm³/mol. The van der Waals surface area contributed by atoms with Crippen LogP contribution in [0.4, 0.5) is 0 Å². The Kier molecular flexibility index (Phi) is 2.11. The Bertz CT molecular complexity index is 400. The highest BCUT2D eigenvalue weighted by atomic mass is 35.5. The van der Waals surface area contributed by atoms with Gasteiger partial charge in [0.2, 0.25) is 0 Å². The van der Waals surface area contributed by atoms with E-state index < -0.39 is 0 Å². The van der Waals surface area contributed by atoms with E-state index in [-0.39, 0.29) is 0 Å². The lowest BCUT2D eigenvalue weighted by Gasteiger charge is -1.95. The summed E-state index contributed by atoms with van der Waals surface area (Å²) in [7, 11) is 0. The molecule has 0 amide bonds. The van der Waals surface area contributed by atoms with E-state index in [4.69, 9.17) is 16.0 Å². The monoisotopic (exact) mass is 192 g/mol. The van der Waals surface area contributed by atoms with Gasteiger partial charge in [-0.2, -0.15) is 0 Å². The zero-order valence-corrected chi connectivity index (χ0v) is 8.01. The average molecular weight is 193 g/mol. The first-order chi connectivity index (χ1) is 6.25. The molecule has 0 unspecified atom stereocenters. The van der Waals surface area contributed by atoms with Crippen molar-refractivity contribution in [3.8, 4) is 11.3 Å². The van der Waals surface area contributed by atoms with Crippen LogP contribution in [0.5, 0.6) is 0 Å². The number of furan rings is 1.